The number of fused-ring (bicyclic) bond motifs is 3. The first-order valence-corrected chi connectivity index (χ1v) is 13.6. The maximum atomic E-state index is 13.3. The molecule has 6 nitrogen and oxygen atoms in total. The summed E-state index contributed by atoms with van der Waals surface area (Å²) in [5.41, 5.74) is 3.29. The van der Waals surface area contributed by atoms with Gasteiger partial charge in [0.05, 0.1) is 5.02 Å². The fourth-order valence-electron chi connectivity index (χ4n) is 4.23. The van der Waals surface area contributed by atoms with Crippen LogP contribution in [-0.4, -0.2) is 24.5 Å². The van der Waals surface area contributed by atoms with Crippen LogP contribution in [0.4, 0.5) is 0 Å². The number of nitrogens with one attached hydrogen (secondary N) is 1. The van der Waals surface area contributed by atoms with Crippen LogP contribution >= 0.6 is 34.5 Å². The molecule has 0 saturated carbocycles. The molecule has 1 aliphatic heterocycles. The minimum Gasteiger partial charge on any atom is -0.307 e. The quantitative estimate of drug-likeness (QED) is 0.393. The lowest BCUT2D eigenvalue weighted by Gasteiger charge is -2.15. The number of thiophene rings is 1. The monoisotopic (exact) mass is 532 g/mol. The molecular weight excluding hydrogens is 515 g/mol. The van der Waals surface area contributed by atoms with Crippen molar-refractivity contribution >= 4 is 60.9 Å². The second-order valence-corrected chi connectivity index (χ2v) is 12.3. The molecule has 3 heterocycles. The van der Waals surface area contributed by atoms with Crippen LogP contribution < -0.4 is 10.9 Å². The Morgan fingerprint density at radius 3 is 2.41 bits per heavy atom. The van der Waals surface area contributed by atoms with Gasteiger partial charge in [-0.2, -0.15) is 0 Å². The van der Waals surface area contributed by atoms with Gasteiger partial charge >= 0.3 is 0 Å². The summed E-state index contributed by atoms with van der Waals surface area (Å²) in [7, 11) is -3.82. The normalized spacial score (nSPS) is 13.4. The highest BCUT2D eigenvalue weighted by molar-refractivity contribution is 7.94. The summed E-state index contributed by atoms with van der Waals surface area (Å²) >= 11 is 12.5. The number of carbonyl (C=O) groups is 1. The molecule has 2 aromatic heterocycles. The fourth-order valence-corrected chi connectivity index (χ4v) is 7.44. The lowest BCUT2D eigenvalue weighted by molar-refractivity contribution is -0.116. The average molecular weight is 533 g/mol. The number of Topliss-reactive ketones (excluding diaryl/α,β-unsaturated/α-hetero) is 1. The van der Waals surface area contributed by atoms with E-state index in [1.165, 1.54) is 6.07 Å². The van der Waals surface area contributed by atoms with Crippen LogP contribution in [0.3, 0.4) is 0 Å². The summed E-state index contributed by atoms with van der Waals surface area (Å²) in [4.78, 5) is 25.8. The van der Waals surface area contributed by atoms with Crippen LogP contribution in [0.2, 0.25) is 9.36 Å². The van der Waals surface area contributed by atoms with Crippen molar-refractivity contribution in [2.75, 3.05) is 5.75 Å². The van der Waals surface area contributed by atoms with E-state index in [-0.39, 0.29) is 25.5 Å². The second kappa shape index (κ2) is 8.94. The van der Waals surface area contributed by atoms with E-state index in [0.29, 0.717) is 29.7 Å². The van der Waals surface area contributed by atoms with E-state index in [1.807, 2.05) is 24.3 Å². The molecule has 10 heteroatoms. The fraction of sp³-hybridized carbons (Fsp3) is 0.167. The van der Waals surface area contributed by atoms with Crippen molar-refractivity contribution < 1.29 is 13.2 Å². The minimum atomic E-state index is -3.82. The SMILES string of the molecule is O=C(Cc1ccc(-n2c3c(c4ccccc4c2=O)CNC3)cc1)CS(=O)(=O)c1cc(Cl)c(Cl)s1. The van der Waals surface area contributed by atoms with Crippen molar-refractivity contribution in [3.63, 3.8) is 0 Å². The third-order valence-corrected chi connectivity index (χ3v) is 9.88. The van der Waals surface area contributed by atoms with E-state index in [0.717, 1.165) is 28.0 Å². The second-order valence-electron chi connectivity index (χ2n) is 8.04. The molecule has 0 saturated heterocycles. The molecule has 0 fully saturated rings. The van der Waals surface area contributed by atoms with Crippen LogP contribution in [0.5, 0.6) is 0 Å². The van der Waals surface area contributed by atoms with Crippen LogP contribution in [0.15, 0.2) is 63.6 Å². The predicted octanol–water partition coefficient (Wildman–Crippen LogP) is 4.55. The van der Waals surface area contributed by atoms with E-state index in [9.17, 15) is 18.0 Å². The number of halogens is 2. The van der Waals surface area contributed by atoms with Crippen LogP contribution in [0.25, 0.3) is 16.5 Å². The zero-order valence-corrected chi connectivity index (χ0v) is 20.8. The molecule has 1 aliphatic rings. The maximum Gasteiger partial charge on any atom is 0.263 e. The molecule has 5 rings (SSSR count). The molecule has 0 spiro atoms. The van der Waals surface area contributed by atoms with Crippen molar-refractivity contribution in [3.8, 4) is 5.69 Å². The Morgan fingerprint density at radius 2 is 1.74 bits per heavy atom. The number of ketones is 1. The van der Waals surface area contributed by atoms with Gasteiger partial charge in [0.15, 0.2) is 15.6 Å². The first kappa shape index (κ1) is 23.3. The molecule has 174 valence electrons. The highest BCUT2D eigenvalue weighted by atomic mass is 35.5. The number of sulfone groups is 1. The van der Waals surface area contributed by atoms with Gasteiger partial charge < -0.3 is 5.32 Å². The summed E-state index contributed by atoms with van der Waals surface area (Å²) < 4.78 is 26.9. The number of carbonyl (C=O) groups excluding carboxylic acids is 1. The Morgan fingerprint density at radius 1 is 1.03 bits per heavy atom. The van der Waals surface area contributed by atoms with Gasteiger partial charge in [-0.25, -0.2) is 8.42 Å². The standard InChI is InChI=1S/C24H18Cl2N2O4S2/c25-20-10-22(33-23(20)26)34(31,32)13-16(29)9-14-5-7-15(8-6-14)28-21-12-27-11-19(21)17-3-1-2-4-18(17)24(28)30/h1-8,10,27H,9,11-13H2. The molecular formula is C24H18Cl2N2O4S2. The van der Waals surface area contributed by atoms with Crippen molar-refractivity contribution in [1.29, 1.82) is 0 Å². The smallest absolute Gasteiger partial charge is 0.263 e. The van der Waals surface area contributed by atoms with Crippen molar-refractivity contribution in [2.45, 2.75) is 23.7 Å². The number of benzene rings is 2. The summed E-state index contributed by atoms with van der Waals surface area (Å²) in [6.07, 6.45) is -0.0430. The molecule has 0 bridgehead atoms. The average Bonchev–Trinajstić information content (AvgIpc) is 3.42. The van der Waals surface area contributed by atoms with E-state index in [2.05, 4.69) is 5.32 Å². The first-order chi connectivity index (χ1) is 16.2. The first-order valence-electron chi connectivity index (χ1n) is 10.4. The maximum absolute atomic E-state index is 13.3. The van der Waals surface area contributed by atoms with E-state index in [4.69, 9.17) is 23.2 Å². The van der Waals surface area contributed by atoms with Gasteiger partial charge in [0.2, 0.25) is 0 Å². The summed E-state index contributed by atoms with van der Waals surface area (Å²) in [5, 5.41) is 5.08. The number of hydrogen-bond acceptors (Lipinski definition) is 6. The highest BCUT2D eigenvalue weighted by Crippen LogP contribution is 2.35. The predicted molar refractivity (Wildman–Crippen MR) is 135 cm³/mol. The number of nitrogens with zero attached hydrogens (tertiary/aromatic N) is 1. The number of hydrogen-bond donors (Lipinski definition) is 1. The van der Waals surface area contributed by atoms with Crippen LogP contribution in [0.1, 0.15) is 16.8 Å². The molecule has 0 aliphatic carbocycles. The minimum absolute atomic E-state index is 0.0238. The van der Waals surface area contributed by atoms with Gasteiger partial charge in [0.25, 0.3) is 5.56 Å². The largest absolute Gasteiger partial charge is 0.307 e. The van der Waals surface area contributed by atoms with Gasteiger partial charge in [0.1, 0.15) is 14.3 Å². The van der Waals surface area contributed by atoms with Crippen molar-refractivity contribution in [3.05, 3.63) is 91.1 Å². The van der Waals surface area contributed by atoms with E-state index < -0.39 is 21.4 Å². The van der Waals surface area contributed by atoms with Gasteiger partial charge in [-0.05, 0) is 40.8 Å². The number of pyridine rings is 1. The molecule has 2 aromatic carbocycles. The summed E-state index contributed by atoms with van der Waals surface area (Å²) in [5.74, 6) is -1.08. The number of rotatable bonds is 6. The summed E-state index contributed by atoms with van der Waals surface area (Å²) in [6, 6.07) is 15.9. The Kier molecular flexibility index (Phi) is 6.12. The molecule has 0 radical (unpaired) electrons. The van der Waals surface area contributed by atoms with Crippen LogP contribution in [0, 0.1) is 0 Å². The highest BCUT2D eigenvalue weighted by Gasteiger charge is 2.24. The van der Waals surface area contributed by atoms with E-state index >= 15 is 0 Å². The lowest BCUT2D eigenvalue weighted by Crippen LogP contribution is -2.23. The van der Waals surface area contributed by atoms with Gasteiger partial charge in [0, 0.05) is 36.3 Å². The Bertz CT molecular complexity index is 1590. The molecule has 0 amide bonds. The third-order valence-electron chi connectivity index (χ3n) is 5.77. The molecule has 4 aromatic rings. The van der Waals surface area contributed by atoms with Crippen LogP contribution in [-0.2, 0) is 34.1 Å². The third kappa shape index (κ3) is 4.21. The molecule has 0 atom stereocenters. The lowest BCUT2D eigenvalue weighted by atomic mass is 10.0. The molecule has 34 heavy (non-hydrogen) atoms. The van der Waals surface area contributed by atoms with Gasteiger partial charge in [-0.3, -0.25) is 14.2 Å². The Hall–Kier alpha value is -2.49. The topological polar surface area (TPSA) is 85.2 Å². The Balaban J connectivity index is 1.40. The number of aromatic nitrogens is 1. The Labute approximate surface area is 209 Å². The van der Waals surface area contributed by atoms with Crippen molar-refractivity contribution in [1.82, 2.24) is 9.88 Å². The van der Waals surface area contributed by atoms with Gasteiger partial charge in [-0.1, -0.05) is 53.5 Å². The molecule has 0 unspecified atom stereocenters. The van der Waals surface area contributed by atoms with Crippen molar-refractivity contribution in [2.24, 2.45) is 0 Å². The van der Waals surface area contributed by atoms with Gasteiger partial charge in [-0.15, -0.1) is 11.3 Å². The van der Waals surface area contributed by atoms with E-state index in [1.54, 1.807) is 28.8 Å². The zero-order valence-electron chi connectivity index (χ0n) is 17.7. The summed E-state index contributed by atoms with van der Waals surface area (Å²) in [6.45, 7) is 1.28. The zero-order chi connectivity index (χ0) is 24.0. The molecule has 1 N–H and O–H groups in total.